The van der Waals surface area contributed by atoms with Crippen LogP contribution in [0.4, 0.5) is 0 Å². The average molecular weight is 325 g/mol. The molecule has 1 aromatic carbocycles. The Morgan fingerprint density at radius 1 is 1.47 bits per heavy atom. The van der Waals surface area contributed by atoms with Gasteiger partial charge in [-0.1, -0.05) is 12.1 Å². The summed E-state index contributed by atoms with van der Waals surface area (Å²) in [5.41, 5.74) is 0. The fraction of sp³-hybridized carbons (Fsp3) is 0.429. The summed E-state index contributed by atoms with van der Waals surface area (Å²) in [6, 6.07) is 9.48. The van der Waals surface area contributed by atoms with Crippen LogP contribution < -0.4 is 10.1 Å². The Kier molecular flexibility index (Phi) is 6.98. The summed E-state index contributed by atoms with van der Waals surface area (Å²) in [5, 5.41) is 11.2. The van der Waals surface area contributed by atoms with Crippen molar-refractivity contribution >= 4 is 21.8 Å². The SMILES string of the molecule is C[C@@H](Oc1ccccc1Br)C(=O)NCCCCC#N. The van der Waals surface area contributed by atoms with Crippen molar-refractivity contribution in [2.24, 2.45) is 0 Å². The number of unbranched alkanes of at least 4 members (excludes halogenated alkanes) is 2. The summed E-state index contributed by atoms with van der Waals surface area (Å²) in [4.78, 5) is 11.8. The van der Waals surface area contributed by atoms with Gasteiger partial charge in [-0.2, -0.15) is 5.26 Å². The van der Waals surface area contributed by atoms with E-state index in [1.54, 1.807) is 13.0 Å². The maximum absolute atomic E-state index is 11.8. The van der Waals surface area contributed by atoms with Gasteiger partial charge in [-0.3, -0.25) is 4.79 Å². The van der Waals surface area contributed by atoms with Gasteiger partial charge in [-0.25, -0.2) is 0 Å². The molecular weight excluding hydrogens is 308 g/mol. The van der Waals surface area contributed by atoms with Gasteiger partial charge in [0.05, 0.1) is 10.5 Å². The van der Waals surface area contributed by atoms with Crippen LogP contribution in [0.3, 0.4) is 0 Å². The van der Waals surface area contributed by atoms with E-state index in [2.05, 4.69) is 27.3 Å². The van der Waals surface area contributed by atoms with Gasteiger partial charge in [-0.15, -0.1) is 0 Å². The minimum Gasteiger partial charge on any atom is -0.480 e. The number of para-hydroxylation sites is 1. The number of ether oxygens (including phenoxy) is 1. The number of hydrogen-bond donors (Lipinski definition) is 1. The van der Waals surface area contributed by atoms with Gasteiger partial charge in [0.1, 0.15) is 5.75 Å². The van der Waals surface area contributed by atoms with E-state index in [-0.39, 0.29) is 5.91 Å². The first-order chi connectivity index (χ1) is 9.15. The van der Waals surface area contributed by atoms with Crippen LogP contribution in [0.15, 0.2) is 28.7 Å². The number of rotatable bonds is 7. The predicted molar refractivity (Wildman–Crippen MR) is 76.7 cm³/mol. The van der Waals surface area contributed by atoms with E-state index in [9.17, 15) is 4.79 Å². The third-order valence-electron chi connectivity index (χ3n) is 2.52. The van der Waals surface area contributed by atoms with Crippen LogP contribution in [-0.4, -0.2) is 18.6 Å². The number of nitriles is 1. The third kappa shape index (κ3) is 5.75. The Hall–Kier alpha value is -1.54. The molecule has 1 amide bonds. The van der Waals surface area contributed by atoms with Crippen LogP contribution in [0.25, 0.3) is 0 Å². The molecule has 0 aliphatic carbocycles. The third-order valence-corrected chi connectivity index (χ3v) is 3.18. The van der Waals surface area contributed by atoms with Crippen LogP contribution >= 0.6 is 15.9 Å². The Balaban J connectivity index is 2.33. The molecule has 1 atom stereocenters. The molecule has 0 aliphatic heterocycles. The van der Waals surface area contributed by atoms with Crippen molar-refractivity contribution in [3.05, 3.63) is 28.7 Å². The molecule has 5 heteroatoms. The van der Waals surface area contributed by atoms with Gasteiger partial charge in [0, 0.05) is 13.0 Å². The van der Waals surface area contributed by atoms with Crippen molar-refractivity contribution in [2.75, 3.05) is 6.54 Å². The average Bonchev–Trinajstić information content (AvgIpc) is 2.41. The molecule has 0 fully saturated rings. The number of nitrogens with one attached hydrogen (secondary N) is 1. The molecule has 0 unspecified atom stereocenters. The molecule has 0 saturated carbocycles. The van der Waals surface area contributed by atoms with Crippen LogP contribution in [0.5, 0.6) is 5.75 Å². The maximum Gasteiger partial charge on any atom is 0.260 e. The number of benzene rings is 1. The van der Waals surface area contributed by atoms with Gasteiger partial charge >= 0.3 is 0 Å². The smallest absolute Gasteiger partial charge is 0.260 e. The Labute approximate surface area is 121 Å². The van der Waals surface area contributed by atoms with Crippen LogP contribution in [0.2, 0.25) is 0 Å². The summed E-state index contributed by atoms with van der Waals surface area (Å²) in [5.74, 6) is 0.502. The topological polar surface area (TPSA) is 62.1 Å². The largest absolute Gasteiger partial charge is 0.480 e. The van der Waals surface area contributed by atoms with Crippen molar-refractivity contribution in [2.45, 2.75) is 32.3 Å². The quantitative estimate of drug-likeness (QED) is 0.784. The lowest BCUT2D eigenvalue weighted by atomic mass is 10.2. The molecule has 0 saturated heterocycles. The minimum absolute atomic E-state index is 0.146. The molecule has 0 spiro atoms. The second-order valence-electron chi connectivity index (χ2n) is 4.10. The predicted octanol–water partition coefficient (Wildman–Crippen LogP) is 3.03. The fourth-order valence-corrected chi connectivity index (χ4v) is 1.85. The monoisotopic (exact) mass is 324 g/mol. The van der Waals surface area contributed by atoms with Gasteiger partial charge < -0.3 is 10.1 Å². The Morgan fingerprint density at radius 2 is 2.21 bits per heavy atom. The summed E-state index contributed by atoms with van der Waals surface area (Å²) in [6.07, 6.45) is 1.59. The van der Waals surface area contributed by atoms with Crippen molar-refractivity contribution in [1.29, 1.82) is 5.26 Å². The number of nitrogens with zero attached hydrogens (tertiary/aromatic N) is 1. The van der Waals surface area contributed by atoms with Crippen LogP contribution in [0, 0.1) is 11.3 Å². The second kappa shape index (κ2) is 8.54. The molecular formula is C14H17BrN2O2. The zero-order valence-electron chi connectivity index (χ0n) is 10.9. The molecule has 19 heavy (non-hydrogen) atoms. The van der Waals surface area contributed by atoms with Crippen molar-refractivity contribution in [3.8, 4) is 11.8 Å². The standard InChI is InChI=1S/C14H17BrN2O2/c1-11(14(18)17-10-6-2-5-9-16)19-13-8-4-3-7-12(13)15/h3-4,7-8,11H,2,5-6,10H2,1H3,(H,17,18)/t11-/m1/s1. The highest BCUT2D eigenvalue weighted by Gasteiger charge is 2.14. The van der Waals surface area contributed by atoms with Crippen molar-refractivity contribution < 1.29 is 9.53 Å². The zero-order valence-corrected chi connectivity index (χ0v) is 12.4. The normalized spacial score (nSPS) is 11.4. The van der Waals surface area contributed by atoms with E-state index in [4.69, 9.17) is 10.00 Å². The van der Waals surface area contributed by atoms with E-state index in [0.717, 1.165) is 17.3 Å². The van der Waals surface area contributed by atoms with Crippen LogP contribution in [-0.2, 0) is 4.79 Å². The molecule has 1 N–H and O–H groups in total. The molecule has 0 aliphatic rings. The van der Waals surface area contributed by atoms with E-state index < -0.39 is 6.10 Å². The van der Waals surface area contributed by atoms with Crippen LogP contribution in [0.1, 0.15) is 26.2 Å². The number of amides is 1. The summed E-state index contributed by atoms with van der Waals surface area (Å²) < 4.78 is 6.40. The lowest BCUT2D eigenvalue weighted by molar-refractivity contribution is -0.127. The van der Waals surface area contributed by atoms with Gasteiger partial charge in [0.15, 0.2) is 6.10 Å². The molecule has 1 aromatic rings. The summed E-state index contributed by atoms with van der Waals surface area (Å²) in [6.45, 7) is 2.29. The highest BCUT2D eigenvalue weighted by molar-refractivity contribution is 9.10. The number of carbonyl (C=O) groups excluding carboxylic acids is 1. The van der Waals surface area contributed by atoms with Crippen molar-refractivity contribution in [3.63, 3.8) is 0 Å². The van der Waals surface area contributed by atoms with E-state index in [0.29, 0.717) is 18.7 Å². The molecule has 0 aromatic heterocycles. The fourth-order valence-electron chi connectivity index (χ4n) is 1.47. The Morgan fingerprint density at radius 3 is 2.89 bits per heavy atom. The first-order valence-corrected chi connectivity index (χ1v) is 7.00. The first kappa shape index (κ1) is 15.5. The summed E-state index contributed by atoms with van der Waals surface area (Å²) in [7, 11) is 0. The lowest BCUT2D eigenvalue weighted by Gasteiger charge is -2.15. The highest BCUT2D eigenvalue weighted by atomic mass is 79.9. The molecule has 0 heterocycles. The van der Waals surface area contributed by atoms with Gasteiger partial charge in [0.2, 0.25) is 0 Å². The van der Waals surface area contributed by atoms with Crippen molar-refractivity contribution in [1.82, 2.24) is 5.32 Å². The number of carbonyl (C=O) groups is 1. The Bertz CT molecular complexity index is 457. The lowest BCUT2D eigenvalue weighted by Crippen LogP contribution is -2.36. The van der Waals surface area contributed by atoms with E-state index >= 15 is 0 Å². The molecule has 0 radical (unpaired) electrons. The minimum atomic E-state index is -0.547. The maximum atomic E-state index is 11.8. The molecule has 1 rings (SSSR count). The van der Waals surface area contributed by atoms with Gasteiger partial charge in [-0.05, 0) is 47.8 Å². The summed E-state index contributed by atoms with van der Waals surface area (Å²) >= 11 is 3.37. The number of hydrogen-bond acceptors (Lipinski definition) is 3. The highest BCUT2D eigenvalue weighted by Crippen LogP contribution is 2.24. The second-order valence-corrected chi connectivity index (χ2v) is 4.95. The zero-order chi connectivity index (χ0) is 14.1. The molecule has 102 valence electrons. The number of halogens is 1. The van der Waals surface area contributed by atoms with E-state index in [1.807, 2.05) is 18.2 Å². The van der Waals surface area contributed by atoms with Gasteiger partial charge in [0.25, 0.3) is 5.91 Å². The molecule has 4 nitrogen and oxygen atoms in total. The van der Waals surface area contributed by atoms with E-state index in [1.165, 1.54) is 0 Å². The molecule has 0 bridgehead atoms. The first-order valence-electron chi connectivity index (χ1n) is 6.21.